The first kappa shape index (κ1) is 21.0. The lowest BCUT2D eigenvalue weighted by molar-refractivity contribution is -0.137. The molecule has 0 amide bonds. The summed E-state index contributed by atoms with van der Waals surface area (Å²) in [7, 11) is 0. The average Bonchev–Trinajstić information content (AvgIpc) is 2.57. The smallest absolute Gasteiger partial charge is 0.303 e. The predicted molar refractivity (Wildman–Crippen MR) is 109 cm³/mol. The summed E-state index contributed by atoms with van der Waals surface area (Å²) >= 11 is 6.12. The van der Waals surface area contributed by atoms with Gasteiger partial charge >= 0.3 is 5.97 Å². The number of rotatable bonds is 9. The molecule has 0 bridgehead atoms. The van der Waals surface area contributed by atoms with Crippen molar-refractivity contribution in [1.82, 2.24) is 5.32 Å². The lowest BCUT2D eigenvalue weighted by atomic mass is 9.79. The van der Waals surface area contributed by atoms with Crippen LogP contribution in [-0.2, 0) is 11.3 Å². The Kier molecular flexibility index (Phi) is 8.67. The Morgan fingerprint density at radius 3 is 2.65 bits per heavy atom. The number of benzene rings is 1. The monoisotopic (exact) mass is 377 g/mol. The highest BCUT2D eigenvalue weighted by Crippen LogP contribution is 2.31. The predicted octanol–water partition coefficient (Wildman–Crippen LogP) is 5.66. The number of nitrogens with one attached hydrogen (secondary N) is 1. The summed E-state index contributed by atoms with van der Waals surface area (Å²) in [6.07, 6.45) is 11.5. The second kappa shape index (κ2) is 10.7. The Morgan fingerprint density at radius 1 is 1.27 bits per heavy atom. The maximum absolute atomic E-state index is 10.6. The van der Waals surface area contributed by atoms with Gasteiger partial charge in [-0.2, -0.15) is 0 Å². The van der Waals surface area contributed by atoms with Gasteiger partial charge in [0.2, 0.25) is 0 Å². The number of carbonyl (C=O) groups is 1. The molecule has 1 aromatic rings. The van der Waals surface area contributed by atoms with Crippen LogP contribution >= 0.6 is 11.6 Å². The molecule has 1 fully saturated rings. The van der Waals surface area contributed by atoms with E-state index in [2.05, 4.69) is 31.3 Å². The maximum atomic E-state index is 10.6. The molecule has 3 nitrogen and oxygen atoms in total. The molecule has 1 aromatic carbocycles. The zero-order valence-corrected chi connectivity index (χ0v) is 16.8. The number of hydrogen-bond acceptors (Lipinski definition) is 2. The third-order valence-corrected chi connectivity index (χ3v) is 5.70. The van der Waals surface area contributed by atoms with Gasteiger partial charge in [0.15, 0.2) is 0 Å². The fourth-order valence-corrected chi connectivity index (χ4v) is 4.31. The number of allylic oxidation sites excluding steroid dienone is 2. The van der Waals surface area contributed by atoms with Crippen LogP contribution in [0.3, 0.4) is 0 Å². The molecule has 1 aliphatic rings. The highest BCUT2D eigenvalue weighted by Gasteiger charge is 2.22. The van der Waals surface area contributed by atoms with E-state index in [0.29, 0.717) is 11.8 Å². The molecule has 1 saturated carbocycles. The highest BCUT2D eigenvalue weighted by atomic mass is 35.5. The molecule has 144 valence electrons. The third kappa shape index (κ3) is 6.77. The Balaban J connectivity index is 1.82. The van der Waals surface area contributed by atoms with E-state index >= 15 is 0 Å². The third-order valence-electron chi connectivity index (χ3n) is 5.48. The van der Waals surface area contributed by atoms with Gasteiger partial charge in [-0.05, 0) is 86.7 Å². The standard InChI is InChI=1S/C22H32ClNO2/c1-16-12-20(23)13-17(2)21(16)15-24-14-19-10-7-6-9-18(19)8-4-3-5-11-22(25)26/h4,8,12-13,18-19,24H,3,5-7,9-11,14-15H2,1-2H3,(H,25,26)/b8-4-/t18-,19+/m0/s1. The van der Waals surface area contributed by atoms with E-state index in [9.17, 15) is 4.79 Å². The van der Waals surface area contributed by atoms with E-state index < -0.39 is 5.97 Å². The van der Waals surface area contributed by atoms with Crippen molar-refractivity contribution in [2.24, 2.45) is 11.8 Å². The Hall–Kier alpha value is -1.32. The number of carboxylic acids is 1. The SMILES string of the molecule is Cc1cc(Cl)cc(C)c1CNC[C@H]1CCCC[C@@H]1/C=C\CCCC(=O)O. The van der Waals surface area contributed by atoms with E-state index in [-0.39, 0.29) is 6.42 Å². The molecular formula is C22H32ClNO2. The van der Waals surface area contributed by atoms with Crippen molar-refractivity contribution in [3.63, 3.8) is 0 Å². The fraction of sp³-hybridized carbons (Fsp3) is 0.591. The summed E-state index contributed by atoms with van der Waals surface area (Å²) in [4.78, 5) is 10.6. The maximum Gasteiger partial charge on any atom is 0.303 e. The number of hydrogen-bond donors (Lipinski definition) is 2. The normalized spacial score (nSPS) is 20.6. The summed E-state index contributed by atoms with van der Waals surface area (Å²) in [5.41, 5.74) is 3.85. The largest absolute Gasteiger partial charge is 0.481 e. The van der Waals surface area contributed by atoms with Crippen molar-refractivity contribution in [2.75, 3.05) is 6.54 Å². The van der Waals surface area contributed by atoms with Crippen molar-refractivity contribution in [3.05, 3.63) is 46.0 Å². The molecule has 0 aliphatic heterocycles. The van der Waals surface area contributed by atoms with Crippen LogP contribution in [0, 0.1) is 25.7 Å². The molecule has 0 aromatic heterocycles. The number of unbranched alkanes of at least 4 members (excludes halogenated alkanes) is 1. The van der Waals surface area contributed by atoms with Gasteiger partial charge in [0.25, 0.3) is 0 Å². The first-order chi connectivity index (χ1) is 12.5. The van der Waals surface area contributed by atoms with Gasteiger partial charge in [-0.3, -0.25) is 4.79 Å². The number of aliphatic carboxylic acids is 1. The zero-order chi connectivity index (χ0) is 18.9. The summed E-state index contributed by atoms with van der Waals surface area (Å²) in [6, 6.07) is 4.07. The summed E-state index contributed by atoms with van der Waals surface area (Å²) in [6.45, 7) is 6.17. The van der Waals surface area contributed by atoms with Gasteiger partial charge in [0.1, 0.15) is 0 Å². The highest BCUT2D eigenvalue weighted by molar-refractivity contribution is 6.30. The molecule has 4 heteroatoms. The first-order valence-corrected chi connectivity index (χ1v) is 10.2. The Morgan fingerprint density at radius 2 is 1.96 bits per heavy atom. The summed E-state index contributed by atoms with van der Waals surface area (Å²) in [5, 5.41) is 13.2. The Labute approximate surface area is 162 Å². The van der Waals surface area contributed by atoms with E-state index in [1.807, 2.05) is 12.1 Å². The van der Waals surface area contributed by atoms with E-state index in [1.54, 1.807) is 0 Å². The van der Waals surface area contributed by atoms with E-state index in [0.717, 1.165) is 31.0 Å². The molecular weight excluding hydrogens is 346 g/mol. The van der Waals surface area contributed by atoms with Crippen molar-refractivity contribution in [1.29, 1.82) is 0 Å². The molecule has 0 radical (unpaired) electrons. The van der Waals surface area contributed by atoms with E-state index in [1.165, 1.54) is 42.4 Å². The van der Waals surface area contributed by atoms with Crippen LogP contribution in [0.25, 0.3) is 0 Å². The molecule has 1 aliphatic carbocycles. The average molecular weight is 378 g/mol. The van der Waals surface area contributed by atoms with Gasteiger partial charge < -0.3 is 10.4 Å². The minimum absolute atomic E-state index is 0.264. The topological polar surface area (TPSA) is 49.3 Å². The second-order valence-electron chi connectivity index (χ2n) is 7.57. The van der Waals surface area contributed by atoms with Gasteiger partial charge in [0.05, 0.1) is 0 Å². The van der Waals surface area contributed by atoms with Gasteiger partial charge in [-0.25, -0.2) is 0 Å². The molecule has 2 rings (SSSR count). The first-order valence-electron chi connectivity index (χ1n) is 9.82. The van der Waals surface area contributed by atoms with Crippen LogP contribution < -0.4 is 5.32 Å². The number of carboxylic acid groups (broad SMARTS) is 1. The van der Waals surface area contributed by atoms with Crippen molar-refractivity contribution < 1.29 is 9.90 Å². The van der Waals surface area contributed by atoms with Gasteiger partial charge in [0, 0.05) is 18.0 Å². The quantitative estimate of drug-likeness (QED) is 0.431. The van der Waals surface area contributed by atoms with Gasteiger partial charge in [-0.15, -0.1) is 0 Å². The lowest BCUT2D eigenvalue weighted by Gasteiger charge is -2.30. The van der Waals surface area contributed by atoms with Crippen LogP contribution in [0.1, 0.15) is 61.6 Å². The molecule has 0 spiro atoms. The number of aryl methyl sites for hydroxylation is 2. The zero-order valence-electron chi connectivity index (χ0n) is 16.1. The molecule has 0 heterocycles. The van der Waals surface area contributed by atoms with Crippen molar-refractivity contribution in [2.45, 2.75) is 65.3 Å². The minimum atomic E-state index is -0.703. The van der Waals surface area contributed by atoms with Gasteiger partial charge in [-0.1, -0.05) is 36.6 Å². The van der Waals surface area contributed by atoms with Crippen LogP contribution in [0.4, 0.5) is 0 Å². The van der Waals surface area contributed by atoms with Crippen LogP contribution in [0.15, 0.2) is 24.3 Å². The minimum Gasteiger partial charge on any atom is -0.481 e. The fourth-order valence-electron chi connectivity index (χ4n) is 3.99. The molecule has 2 N–H and O–H groups in total. The van der Waals surface area contributed by atoms with E-state index in [4.69, 9.17) is 16.7 Å². The van der Waals surface area contributed by atoms with Crippen molar-refractivity contribution in [3.8, 4) is 0 Å². The van der Waals surface area contributed by atoms with Crippen LogP contribution in [0.5, 0.6) is 0 Å². The van der Waals surface area contributed by atoms with Crippen LogP contribution in [0.2, 0.25) is 5.02 Å². The molecule has 26 heavy (non-hydrogen) atoms. The molecule has 0 unspecified atom stereocenters. The number of halogens is 1. The lowest BCUT2D eigenvalue weighted by Crippen LogP contribution is -2.30. The summed E-state index contributed by atoms with van der Waals surface area (Å²) in [5.74, 6) is 0.590. The molecule has 0 saturated heterocycles. The van der Waals surface area contributed by atoms with Crippen molar-refractivity contribution >= 4 is 17.6 Å². The second-order valence-corrected chi connectivity index (χ2v) is 8.01. The molecule has 2 atom stereocenters. The van der Waals surface area contributed by atoms with Crippen LogP contribution in [-0.4, -0.2) is 17.6 Å². The summed E-state index contributed by atoms with van der Waals surface area (Å²) < 4.78 is 0. The Bertz CT molecular complexity index is 604.